The second-order valence-corrected chi connectivity index (χ2v) is 7.26. The molecule has 2 amide bonds. The summed E-state index contributed by atoms with van der Waals surface area (Å²) in [6.07, 6.45) is 5.03. The van der Waals surface area contributed by atoms with E-state index in [1.165, 1.54) is 0 Å². The number of amides is 2. The van der Waals surface area contributed by atoms with E-state index < -0.39 is 5.92 Å². The molecule has 1 aliphatic heterocycles. The SMILES string of the molecule is COc1ccc(CNC(=O)C2CN(C(=O)c3cccnc3)Cc3cn(C)nc32)cc1. The second kappa shape index (κ2) is 8.36. The molecule has 0 radical (unpaired) electrons. The van der Waals surface area contributed by atoms with E-state index in [0.717, 1.165) is 22.6 Å². The average molecular weight is 405 g/mol. The number of methoxy groups -OCH3 is 1. The number of carbonyl (C=O) groups excluding carboxylic acids is 2. The van der Waals surface area contributed by atoms with E-state index in [1.54, 1.807) is 41.2 Å². The summed E-state index contributed by atoms with van der Waals surface area (Å²) in [7, 11) is 3.43. The maximum absolute atomic E-state index is 13.0. The molecule has 30 heavy (non-hydrogen) atoms. The number of nitrogens with zero attached hydrogens (tertiary/aromatic N) is 4. The highest BCUT2D eigenvalue weighted by molar-refractivity contribution is 5.95. The molecule has 0 saturated carbocycles. The number of carbonyl (C=O) groups is 2. The molecule has 3 aromatic rings. The van der Waals surface area contributed by atoms with Crippen LogP contribution in [0.15, 0.2) is 55.0 Å². The van der Waals surface area contributed by atoms with Gasteiger partial charge >= 0.3 is 0 Å². The van der Waals surface area contributed by atoms with Gasteiger partial charge in [0.1, 0.15) is 5.75 Å². The molecule has 154 valence electrons. The van der Waals surface area contributed by atoms with Crippen molar-refractivity contribution < 1.29 is 14.3 Å². The fourth-order valence-electron chi connectivity index (χ4n) is 3.64. The molecule has 3 heterocycles. The summed E-state index contributed by atoms with van der Waals surface area (Å²) in [6.45, 7) is 1.07. The third kappa shape index (κ3) is 4.03. The van der Waals surface area contributed by atoms with Gasteiger partial charge in [-0.1, -0.05) is 12.1 Å². The van der Waals surface area contributed by atoms with Gasteiger partial charge in [0.2, 0.25) is 5.91 Å². The Morgan fingerprint density at radius 3 is 2.73 bits per heavy atom. The zero-order chi connectivity index (χ0) is 21.1. The van der Waals surface area contributed by atoms with Crippen LogP contribution >= 0.6 is 0 Å². The zero-order valence-electron chi connectivity index (χ0n) is 16.9. The van der Waals surface area contributed by atoms with Crippen molar-refractivity contribution in [3.8, 4) is 5.75 Å². The van der Waals surface area contributed by atoms with Crippen LogP contribution in [0.4, 0.5) is 0 Å². The molecule has 1 aromatic carbocycles. The van der Waals surface area contributed by atoms with E-state index in [-0.39, 0.29) is 18.4 Å². The predicted octanol–water partition coefficient (Wildman–Crippen LogP) is 1.88. The number of aromatic nitrogens is 3. The molecule has 0 bridgehead atoms. The first kappa shape index (κ1) is 19.6. The van der Waals surface area contributed by atoms with E-state index in [4.69, 9.17) is 4.74 Å². The zero-order valence-corrected chi connectivity index (χ0v) is 16.9. The summed E-state index contributed by atoms with van der Waals surface area (Å²) in [6, 6.07) is 11.0. The van der Waals surface area contributed by atoms with Crippen molar-refractivity contribution in [3.05, 3.63) is 77.4 Å². The van der Waals surface area contributed by atoms with Gasteiger partial charge in [-0.3, -0.25) is 19.3 Å². The normalized spacial score (nSPS) is 15.4. The first-order valence-corrected chi connectivity index (χ1v) is 9.67. The molecule has 4 rings (SSSR count). The van der Waals surface area contributed by atoms with Gasteiger partial charge < -0.3 is 15.0 Å². The molecular formula is C22H23N5O3. The van der Waals surface area contributed by atoms with Gasteiger partial charge in [-0.15, -0.1) is 0 Å². The molecular weight excluding hydrogens is 382 g/mol. The van der Waals surface area contributed by atoms with Crippen LogP contribution in [0.1, 0.15) is 33.1 Å². The van der Waals surface area contributed by atoms with Gasteiger partial charge in [0.15, 0.2) is 0 Å². The Hall–Kier alpha value is -3.68. The number of hydrogen-bond donors (Lipinski definition) is 1. The molecule has 0 saturated heterocycles. The Balaban J connectivity index is 1.51. The molecule has 1 atom stereocenters. The van der Waals surface area contributed by atoms with Crippen LogP contribution in [0, 0.1) is 0 Å². The molecule has 0 aliphatic carbocycles. The number of nitrogens with one attached hydrogen (secondary N) is 1. The Morgan fingerprint density at radius 1 is 1.23 bits per heavy atom. The number of aryl methyl sites for hydroxylation is 1. The smallest absolute Gasteiger partial charge is 0.255 e. The topological polar surface area (TPSA) is 89.4 Å². The third-order valence-corrected chi connectivity index (χ3v) is 5.17. The van der Waals surface area contributed by atoms with E-state index in [0.29, 0.717) is 18.7 Å². The van der Waals surface area contributed by atoms with Crippen molar-refractivity contribution in [1.29, 1.82) is 0 Å². The first-order valence-electron chi connectivity index (χ1n) is 9.67. The number of hydrogen-bond acceptors (Lipinski definition) is 5. The van der Waals surface area contributed by atoms with Crippen molar-refractivity contribution in [2.45, 2.75) is 19.0 Å². The molecule has 2 aromatic heterocycles. The number of fused-ring (bicyclic) bond motifs is 1. The molecule has 0 fully saturated rings. The van der Waals surface area contributed by atoms with Gasteiger partial charge in [0.25, 0.3) is 5.91 Å². The summed E-state index contributed by atoms with van der Waals surface area (Å²) >= 11 is 0. The minimum Gasteiger partial charge on any atom is -0.497 e. The molecule has 1 aliphatic rings. The van der Waals surface area contributed by atoms with Crippen LogP contribution in [0.25, 0.3) is 0 Å². The number of pyridine rings is 1. The fraction of sp³-hybridized carbons (Fsp3) is 0.273. The van der Waals surface area contributed by atoms with Crippen LogP contribution in [-0.2, 0) is 24.9 Å². The Morgan fingerprint density at radius 2 is 2.03 bits per heavy atom. The van der Waals surface area contributed by atoms with E-state index >= 15 is 0 Å². The fourth-order valence-corrected chi connectivity index (χ4v) is 3.64. The quantitative estimate of drug-likeness (QED) is 0.700. The highest BCUT2D eigenvalue weighted by atomic mass is 16.5. The number of ether oxygens (including phenoxy) is 1. The Bertz CT molecular complexity index is 1050. The molecule has 8 nitrogen and oxygen atoms in total. The van der Waals surface area contributed by atoms with Crippen molar-refractivity contribution >= 4 is 11.8 Å². The molecule has 8 heteroatoms. The lowest BCUT2D eigenvalue weighted by molar-refractivity contribution is -0.123. The van der Waals surface area contributed by atoms with Crippen LogP contribution in [0.3, 0.4) is 0 Å². The summed E-state index contributed by atoms with van der Waals surface area (Å²) in [4.78, 5) is 31.7. The van der Waals surface area contributed by atoms with Crippen LogP contribution in [0.2, 0.25) is 0 Å². The van der Waals surface area contributed by atoms with Crippen molar-refractivity contribution in [2.24, 2.45) is 7.05 Å². The Kier molecular flexibility index (Phi) is 5.47. The van der Waals surface area contributed by atoms with Crippen molar-refractivity contribution in [1.82, 2.24) is 25.0 Å². The van der Waals surface area contributed by atoms with E-state index in [9.17, 15) is 9.59 Å². The Labute approximate surface area is 174 Å². The predicted molar refractivity (Wildman–Crippen MR) is 110 cm³/mol. The van der Waals surface area contributed by atoms with Gasteiger partial charge in [0.05, 0.1) is 24.3 Å². The van der Waals surface area contributed by atoms with E-state index in [2.05, 4.69) is 15.4 Å². The lowest BCUT2D eigenvalue weighted by Crippen LogP contribution is -2.43. The number of rotatable bonds is 5. The largest absolute Gasteiger partial charge is 0.497 e. The second-order valence-electron chi connectivity index (χ2n) is 7.26. The molecule has 1 N–H and O–H groups in total. The summed E-state index contributed by atoms with van der Waals surface area (Å²) in [5.41, 5.74) is 3.07. The van der Waals surface area contributed by atoms with Gasteiger partial charge in [-0.2, -0.15) is 5.10 Å². The highest BCUT2D eigenvalue weighted by Crippen LogP contribution is 2.28. The average Bonchev–Trinajstić information content (AvgIpc) is 3.17. The van der Waals surface area contributed by atoms with Crippen LogP contribution in [0.5, 0.6) is 5.75 Å². The molecule has 0 spiro atoms. The third-order valence-electron chi connectivity index (χ3n) is 5.17. The van der Waals surface area contributed by atoms with Gasteiger partial charge in [-0.05, 0) is 29.8 Å². The summed E-state index contributed by atoms with van der Waals surface area (Å²) in [5.74, 6) is -0.0751. The lowest BCUT2D eigenvalue weighted by atomic mass is 9.95. The standard InChI is InChI=1S/C22H23N5O3/c1-26-12-17-13-27(22(29)16-4-3-9-23-11-16)14-19(20(17)25-26)21(28)24-10-15-5-7-18(30-2)8-6-15/h3-9,11-12,19H,10,13-14H2,1-2H3,(H,24,28). The van der Waals surface area contributed by atoms with Crippen molar-refractivity contribution in [2.75, 3.05) is 13.7 Å². The highest BCUT2D eigenvalue weighted by Gasteiger charge is 2.35. The van der Waals surface area contributed by atoms with Gasteiger partial charge in [0, 0.05) is 50.8 Å². The molecule has 1 unspecified atom stereocenters. The maximum atomic E-state index is 13.0. The minimum absolute atomic E-state index is 0.148. The summed E-state index contributed by atoms with van der Waals surface area (Å²) in [5, 5.41) is 7.46. The van der Waals surface area contributed by atoms with Crippen LogP contribution < -0.4 is 10.1 Å². The maximum Gasteiger partial charge on any atom is 0.255 e. The van der Waals surface area contributed by atoms with Crippen LogP contribution in [-0.4, -0.2) is 45.1 Å². The number of benzene rings is 1. The van der Waals surface area contributed by atoms with Gasteiger partial charge in [-0.25, -0.2) is 0 Å². The van der Waals surface area contributed by atoms with Crippen molar-refractivity contribution in [3.63, 3.8) is 0 Å². The lowest BCUT2D eigenvalue weighted by Gasteiger charge is -2.31. The minimum atomic E-state index is -0.534. The van der Waals surface area contributed by atoms with E-state index in [1.807, 2.05) is 37.5 Å². The monoisotopic (exact) mass is 405 g/mol. The summed E-state index contributed by atoms with van der Waals surface area (Å²) < 4.78 is 6.85. The first-order chi connectivity index (χ1) is 14.5.